The van der Waals surface area contributed by atoms with Crippen LogP contribution in [-0.4, -0.2) is 48.8 Å². The van der Waals surface area contributed by atoms with Crippen molar-refractivity contribution in [3.63, 3.8) is 0 Å². The summed E-state index contributed by atoms with van der Waals surface area (Å²) in [7, 11) is 3.61. The summed E-state index contributed by atoms with van der Waals surface area (Å²) in [5, 5.41) is 0.313. The minimum atomic E-state index is -0.485. The minimum Gasteiger partial charge on any atom is -0.444 e. The molecule has 0 fully saturated rings. The molecule has 0 aliphatic heterocycles. The summed E-state index contributed by atoms with van der Waals surface area (Å²) in [6, 6.07) is 1.53. The summed E-state index contributed by atoms with van der Waals surface area (Å²) < 4.78 is 5.31. The lowest BCUT2D eigenvalue weighted by molar-refractivity contribution is 0.0296. The van der Waals surface area contributed by atoms with Gasteiger partial charge in [-0.05, 0) is 33.6 Å². The number of nitrogens with zero attached hydrogens (tertiary/aromatic N) is 3. The predicted octanol–water partition coefficient (Wildman–Crippen LogP) is 2.98. The lowest BCUT2D eigenvalue weighted by Gasteiger charge is -2.25. The van der Waals surface area contributed by atoms with E-state index >= 15 is 0 Å². The Bertz CT molecular complexity index is 574. The van der Waals surface area contributed by atoms with Gasteiger partial charge in [0.25, 0.3) is 0 Å². The molecule has 0 aromatic carbocycles. The SMILES string of the molecule is CN(CCCCN(C)c1nc(Cl)cc(N)c1N)C(=O)OC(C)(C)C. The van der Waals surface area contributed by atoms with Gasteiger partial charge >= 0.3 is 6.09 Å². The highest BCUT2D eigenvalue weighted by Crippen LogP contribution is 2.28. The fourth-order valence-corrected chi connectivity index (χ4v) is 2.25. The average Bonchev–Trinajstić information content (AvgIpc) is 2.45. The van der Waals surface area contributed by atoms with Crippen LogP contribution < -0.4 is 16.4 Å². The van der Waals surface area contributed by atoms with Crippen LogP contribution in [0.2, 0.25) is 5.15 Å². The van der Waals surface area contributed by atoms with Crippen LogP contribution in [-0.2, 0) is 4.74 Å². The lowest BCUT2D eigenvalue weighted by Crippen LogP contribution is -2.35. The highest BCUT2D eigenvalue weighted by molar-refractivity contribution is 6.30. The molecule has 0 saturated heterocycles. The molecule has 0 saturated carbocycles. The molecule has 136 valence electrons. The van der Waals surface area contributed by atoms with Gasteiger partial charge in [0.15, 0.2) is 5.82 Å². The van der Waals surface area contributed by atoms with Gasteiger partial charge in [-0.2, -0.15) is 0 Å². The first kappa shape index (κ1) is 20.2. The van der Waals surface area contributed by atoms with Gasteiger partial charge in [-0.25, -0.2) is 9.78 Å². The molecule has 1 heterocycles. The fraction of sp³-hybridized carbons (Fsp3) is 0.625. The van der Waals surface area contributed by atoms with Crippen molar-refractivity contribution in [3.8, 4) is 0 Å². The third kappa shape index (κ3) is 6.31. The fourth-order valence-electron chi connectivity index (χ4n) is 2.05. The molecule has 0 aliphatic carbocycles. The molecule has 0 atom stereocenters. The predicted molar refractivity (Wildman–Crippen MR) is 99.4 cm³/mol. The van der Waals surface area contributed by atoms with Gasteiger partial charge < -0.3 is 26.0 Å². The van der Waals surface area contributed by atoms with Crippen LogP contribution in [0.25, 0.3) is 0 Å². The van der Waals surface area contributed by atoms with Crippen LogP contribution in [0.3, 0.4) is 0 Å². The molecule has 24 heavy (non-hydrogen) atoms. The molecule has 8 heteroatoms. The highest BCUT2D eigenvalue weighted by Gasteiger charge is 2.19. The van der Waals surface area contributed by atoms with Crippen molar-refractivity contribution in [2.24, 2.45) is 0 Å². The Morgan fingerprint density at radius 2 is 1.83 bits per heavy atom. The van der Waals surface area contributed by atoms with Crippen molar-refractivity contribution in [1.82, 2.24) is 9.88 Å². The highest BCUT2D eigenvalue weighted by atomic mass is 35.5. The number of halogens is 1. The van der Waals surface area contributed by atoms with E-state index in [1.54, 1.807) is 11.9 Å². The monoisotopic (exact) mass is 357 g/mol. The molecule has 4 N–H and O–H groups in total. The Morgan fingerprint density at radius 3 is 2.42 bits per heavy atom. The van der Waals surface area contributed by atoms with Crippen LogP contribution in [0.4, 0.5) is 22.0 Å². The number of pyridine rings is 1. The van der Waals surface area contributed by atoms with Crippen LogP contribution in [0.1, 0.15) is 33.6 Å². The minimum absolute atomic E-state index is 0.313. The Labute approximate surface area is 148 Å². The number of nitrogens with two attached hydrogens (primary N) is 2. The standard InChI is InChI=1S/C16H28ClN5O2/c1-16(2,3)24-15(23)22(5)9-7-6-8-21(4)14-13(19)11(18)10-12(17)20-14/h10H,6-9,19H2,1-5H3,(H2,18,20). The summed E-state index contributed by atoms with van der Waals surface area (Å²) >= 11 is 5.93. The zero-order chi connectivity index (χ0) is 18.5. The third-order valence-corrected chi connectivity index (χ3v) is 3.54. The van der Waals surface area contributed by atoms with Crippen molar-refractivity contribution in [2.45, 2.75) is 39.2 Å². The second-order valence-electron chi connectivity index (χ2n) is 6.80. The van der Waals surface area contributed by atoms with E-state index < -0.39 is 5.60 Å². The number of carbonyl (C=O) groups excluding carboxylic acids is 1. The normalized spacial score (nSPS) is 11.2. The maximum atomic E-state index is 11.9. The molecule has 0 unspecified atom stereocenters. The van der Waals surface area contributed by atoms with E-state index in [2.05, 4.69) is 4.98 Å². The Kier molecular flexibility index (Phi) is 6.95. The van der Waals surface area contributed by atoms with E-state index in [9.17, 15) is 4.79 Å². The number of hydrogen-bond acceptors (Lipinski definition) is 6. The molecular weight excluding hydrogens is 330 g/mol. The zero-order valence-corrected chi connectivity index (χ0v) is 15.9. The number of amides is 1. The number of anilines is 3. The Morgan fingerprint density at radius 1 is 1.25 bits per heavy atom. The van der Waals surface area contributed by atoms with Gasteiger partial charge in [0.1, 0.15) is 10.8 Å². The number of carbonyl (C=O) groups is 1. The molecule has 0 spiro atoms. The van der Waals surface area contributed by atoms with Crippen LogP contribution in [0.5, 0.6) is 0 Å². The first-order valence-electron chi connectivity index (χ1n) is 7.88. The topological polar surface area (TPSA) is 97.7 Å². The molecule has 1 rings (SSSR count). The van der Waals surface area contributed by atoms with Crippen molar-refractivity contribution in [3.05, 3.63) is 11.2 Å². The maximum absolute atomic E-state index is 11.9. The largest absolute Gasteiger partial charge is 0.444 e. The second-order valence-corrected chi connectivity index (χ2v) is 7.19. The molecule has 7 nitrogen and oxygen atoms in total. The lowest BCUT2D eigenvalue weighted by atomic mass is 10.2. The van der Waals surface area contributed by atoms with Gasteiger partial charge in [-0.15, -0.1) is 0 Å². The molecule has 0 aliphatic rings. The number of rotatable bonds is 6. The Balaban J connectivity index is 2.44. The van der Waals surface area contributed by atoms with E-state index in [-0.39, 0.29) is 6.09 Å². The van der Waals surface area contributed by atoms with Crippen molar-refractivity contribution in [1.29, 1.82) is 0 Å². The van der Waals surface area contributed by atoms with Gasteiger partial charge in [0, 0.05) is 33.3 Å². The van der Waals surface area contributed by atoms with Gasteiger partial charge in [-0.3, -0.25) is 0 Å². The maximum Gasteiger partial charge on any atom is 0.410 e. The van der Waals surface area contributed by atoms with Crippen LogP contribution >= 0.6 is 11.6 Å². The molecule has 0 bridgehead atoms. The summed E-state index contributed by atoms with van der Waals surface area (Å²) in [5.41, 5.74) is 12.1. The van der Waals surface area contributed by atoms with E-state index in [0.29, 0.717) is 28.9 Å². The number of nitrogen functional groups attached to an aromatic ring is 2. The number of unbranched alkanes of at least 4 members (excludes halogenated alkanes) is 1. The summed E-state index contributed by atoms with van der Waals surface area (Å²) in [6.07, 6.45) is 1.37. The number of hydrogen-bond donors (Lipinski definition) is 2. The van der Waals surface area contributed by atoms with E-state index in [1.807, 2.05) is 32.7 Å². The Hall–Kier alpha value is -1.89. The summed E-state index contributed by atoms with van der Waals surface area (Å²) in [4.78, 5) is 19.6. The second kappa shape index (κ2) is 8.28. The van der Waals surface area contributed by atoms with Crippen molar-refractivity contribution >= 4 is 34.9 Å². The molecular formula is C16H28ClN5O2. The number of aromatic nitrogens is 1. The first-order chi connectivity index (χ1) is 11.0. The number of ether oxygens (including phenoxy) is 1. The van der Waals surface area contributed by atoms with Gasteiger partial charge in [0.2, 0.25) is 0 Å². The summed E-state index contributed by atoms with van der Waals surface area (Å²) in [5.74, 6) is 0.570. The first-order valence-corrected chi connectivity index (χ1v) is 8.26. The van der Waals surface area contributed by atoms with E-state index in [0.717, 1.165) is 19.4 Å². The molecule has 0 radical (unpaired) electrons. The van der Waals surface area contributed by atoms with Crippen LogP contribution in [0.15, 0.2) is 6.07 Å². The molecule has 1 aromatic rings. The molecule has 1 aromatic heterocycles. The van der Waals surface area contributed by atoms with Gasteiger partial charge in [0.05, 0.1) is 11.4 Å². The summed E-state index contributed by atoms with van der Waals surface area (Å²) in [6.45, 7) is 6.88. The zero-order valence-electron chi connectivity index (χ0n) is 15.1. The molecule has 1 amide bonds. The smallest absolute Gasteiger partial charge is 0.410 e. The average molecular weight is 358 g/mol. The van der Waals surface area contributed by atoms with E-state index in [1.165, 1.54) is 6.07 Å². The van der Waals surface area contributed by atoms with Gasteiger partial charge in [-0.1, -0.05) is 11.6 Å². The quantitative estimate of drug-likeness (QED) is 0.600. The third-order valence-electron chi connectivity index (χ3n) is 3.34. The van der Waals surface area contributed by atoms with Crippen molar-refractivity contribution in [2.75, 3.05) is 43.6 Å². The van der Waals surface area contributed by atoms with Crippen molar-refractivity contribution < 1.29 is 9.53 Å². The van der Waals surface area contributed by atoms with Crippen LogP contribution in [0, 0.1) is 0 Å². The van der Waals surface area contributed by atoms with E-state index in [4.69, 9.17) is 27.8 Å².